The third-order valence-corrected chi connectivity index (χ3v) is 4.53. The summed E-state index contributed by atoms with van der Waals surface area (Å²) in [6, 6.07) is 20.7. The molecular formula is C19H13BO2. The normalized spacial score (nSPS) is 13.4. The molecule has 0 amide bonds. The smallest absolute Gasteiger partial charge is 0.260 e. The lowest BCUT2D eigenvalue weighted by Gasteiger charge is -2.33. The first-order chi connectivity index (χ1) is 10.8. The number of para-hydroxylation sites is 2. The number of rotatable bonds is 0. The summed E-state index contributed by atoms with van der Waals surface area (Å²) in [5, 5.41) is 0. The van der Waals surface area contributed by atoms with Crippen LogP contribution in [0.15, 0.2) is 60.7 Å². The maximum atomic E-state index is 6.19. The van der Waals surface area contributed by atoms with Gasteiger partial charge in [0.15, 0.2) is 0 Å². The zero-order valence-electron chi connectivity index (χ0n) is 12.2. The summed E-state index contributed by atoms with van der Waals surface area (Å²) in [6.07, 6.45) is 0. The number of hydrogen-bond donors (Lipinski definition) is 0. The fourth-order valence-electron chi connectivity index (χ4n) is 3.55. The molecule has 3 heteroatoms. The number of fused-ring (bicyclic) bond motifs is 4. The summed E-state index contributed by atoms with van der Waals surface area (Å²) in [7, 11) is 0. The molecule has 2 aliphatic heterocycles. The molecule has 0 bridgehead atoms. The minimum absolute atomic E-state index is 0.180. The van der Waals surface area contributed by atoms with Crippen LogP contribution in [0.3, 0.4) is 0 Å². The largest absolute Gasteiger partial charge is 0.458 e. The zero-order chi connectivity index (χ0) is 14.7. The van der Waals surface area contributed by atoms with E-state index in [1.165, 1.54) is 10.9 Å². The molecule has 0 aliphatic carbocycles. The lowest BCUT2D eigenvalue weighted by molar-refractivity contribution is 0.462. The predicted molar refractivity (Wildman–Crippen MR) is 88.9 cm³/mol. The zero-order valence-corrected chi connectivity index (χ0v) is 12.2. The third kappa shape index (κ3) is 1.46. The van der Waals surface area contributed by atoms with E-state index in [1.807, 2.05) is 30.3 Å². The Balaban J connectivity index is 1.88. The van der Waals surface area contributed by atoms with Crippen molar-refractivity contribution in [2.45, 2.75) is 6.92 Å². The molecule has 104 valence electrons. The van der Waals surface area contributed by atoms with Crippen molar-refractivity contribution in [1.29, 1.82) is 0 Å². The van der Waals surface area contributed by atoms with Gasteiger partial charge in [-0.25, -0.2) is 0 Å². The molecule has 2 nitrogen and oxygen atoms in total. The Morgan fingerprint density at radius 2 is 1.36 bits per heavy atom. The lowest BCUT2D eigenvalue weighted by Crippen LogP contribution is -2.57. The molecule has 0 saturated heterocycles. The van der Waals surface area contributed by atoms with Crippen LogP contribution in [0.4, 0.5) is 0 Å². The molecule has 22 heavy (non-hydrogen) atoms. The number of ether oxygens (including phenoxy) is 2. The van der Waals surface area contributed by atoms with Gasteiger partial charge in [0.2, 0.25) is 0 Å². The minimum atomic E-state index is 0.180. The Hall–Kier alpha value is -2.68. The molecule has 5 rings (SSSR count). The highest BCUT2D eigenvalue weighted by Gasteiger charge is 2.39. The molecule has 3 aromatic carbocycles. The summed E-state index contributed by atoms with van der Waals surface area (Å²) in [6.45, 7) is 2.28. The molecule has 0 unspecified atom stereocenters. The van der Waals surface area contributed by atoms with Gasteiger partial charge in [0.05, 0.1) is 0 Å². The van der Waals surface area contributed by atoms with Gasteiger partial charge in [-0.1, -0.05) is 42.5 Å². The molecule has 3 aromatic rings. The number of benzene rings is 3. The monoisotopic (exact) mass is 284 g/mol. The third-order valence-electron chi connectivity index (χ3n) is 4.53. The minimum Gasteiger partial charge on any atom is -0.458 e. The van der Waals surface area contributed by atoms with Crippen LogP contribution in [0.25, 0.3) is 0 Å². The van der Waals surface area contributed by atoms with Crippen LogP contribution in [0.5, 0.6) is 23.0 Å². The summed E-state index contributed by atoms with van der Waals surface area (Å²) in [4.78, 5) is 0. The van der Waals surface area contributed by atoms with Gasteiger partial charge < -0.3 is 9.47 Å². The van der Waals surface area contributed by atoms with Crippen molar-refractivity contribution in [2.75, 3.05) is 0 Å². The van der Waals surface area contributed by atoms with Crippen LogP contribution in [-0.2, 0) is 0 Å². The van der Waals surface area contributed by atoms with Gasteiger partial charge in [-0.2, -0.15) is 0 Å². The number of aryl methyl sites for hydroxylation is 1. The lowest BCUT2D eigenvalue weighted by atomic mass is 9.35. The van der Waals surface area contributed by atoms with Gasteiger partial charge in [0.25, 0.3) is 6.71 Å². The maximum absolute atomic E-state index is 6.19. The van der Waals surface area contributed by atoms with E-state index < -0.39 is 0 Å². The quantitative estimate of drug-likeness (QED) is 0.407. The second-order valence-electron chi connectivity index (χ2n) is 5.84. The molecule has 2 aliphatic rings. The second kappa shape index (κ2) is 4.17. The summed E-state index contributed by atoms with van der Waals surface area (Å²) in [5.74, 6) is 3.72. The van der Waals surface area contributed by atoms with Gasteiger partial charge in [0.1, 0.15) is 23.0 Å². The standard InChI is InChI=1S/C19H13BO2/c1-12-6-4-8-14-19(12)22-17-11-5-10-16-18(17)20(14)13-7-2-3-9-15(13)21-16/h2-11H,1H3. The fraction of sp³-hybridized carbons (Fsp3) is 0.0526. The average molecular weight is 284 g/mol. The van der Waals surface area contributed by atoms with E-state index in [0.717, 1.165) is 34.0 Å². The SMILES string of the molecule is Cc1cccc2c1Oc1cccc3c1B2c1ccccc1O3. The molecule has 0 fully saturated rings. The van der Waals surface area contributed by atoms with Crippen molar-refractivity contribution in [3.05, 3.63) is 66.2 Å². The van der Waals surface area contributed by atoms with Crippen molar-refractivity contribution in [3.63, 3.8) is 0 Å². The van der Waals surface area contributed by atoms with E-state index in [2.05, 4.69) is 37.3 Å². The van der Waals surface area contributed by atoms with Gasteiger partial charge in [-0.15, -0.1) is 0 Å². The highest BCUT2D eigenvalue weighted by Crippen LogP contribution is 2.34. The van der Waals surface area contributed by atoms with Crippen molar-refractivity contribution in [1.82, 2.24) is 0 Å². The van der Waals surface area contributed by atoms with Crippen molar-refractivity contribution in [2.24, 2.45) is 0 Å². The van der Waals surface area contributed by atoms with Crippen LogP contribution in [0, 0.1) is 6.92 Å². The van der Waals surface area contributed by atoms with E-state index in [0.29, 0.717) is 0 Å². The molecule has 0 atom stereocenters. The number of hydrogen-bond acceptors (Lipinski definition) is 2. The topological polar surface area (TPSA) is 18.5 Å². The first-order valence-corrected chi connectivity index (χ1v) is 7.50. The Morgan fingerprint density at radius 1 is 0.682 bits per heavy atom. The van der Waals surface area contributed by atoms with E-state index in [4.69, 9.17) is 9.47 Å². The molecule has 2 heterocycles. The van der Waals surface area contributed by atoms with Gasteiger partial charge in [-0.05, 0) is 41.6 Å². The van der Waals surface area contributed by atoms with Crippen LogP contribution in [-0.4, -0.2) is 6.71 Å². The van der Waals surface area contributed by atoms with Gasteiger partial charge in [-0.3, -0.25) is 0 Å². The second-order valence-corrected chi connectivity index (χ2v) is 5.84. The molecule has 0 aromatic heterocycles. The van der Waals surface area contributed by atoms with E-state index in [1.54, 1.807) is 0 Å². The predicted octanol–water partition coefficient (Wildman–Crippen LogP) is 2.72. The van der Waals surface area contributed by atoms with Crippen molar-refractivity contribution < 1.29 is 9.47 Å². The highest BCUT2D eigenvalue weighted by molar-refractivity contribution is 6.98. The Kier molecular flexibility index (Phi) is 2.26. The van der Waals surface area contributed by atoms with E-state index in [9.17, 15) is 0 Å². The van der Waals surface area contributed by atoms with Crippen molar-refractivity contribution in [3.8, 4) is 23.0 Å². The molecule has 0 saturated carbocycles. The van der Waals surface area contributed by atoms with Crippen LogP contribution in [0.1, 0.15) is 5.56 Å². The average Bonchev–Trinajstić information content (AvgIpc) is 2.55. The van der Waals surface area contributed by atoms with Crippen molar-refractivity contribution >= 4 is 23.1 Å². The van der Waals surface area contributed by atoms with Crippen LogP contribution < -0.4 is 25.9 Å². The Morgan fingerprint density at radius 3 is 2.27 bits per heavy atom. The maximum Gasteiger partial charge on any atom is 0.260 e. The molecular weight excluding hydrogens is 271 g/mol. The van der Waals surface area contributed by atoms with E-state index >= 15 is 0 Å². The first-order valence-electron chi connectivity index (χ1n) is 7.50. The Labute approximate surface area is 129 Å². The van der Waals surface area contributed by atoms with Gasteiger partial charge >= 0.3 is 0 Å². The molecule has 0 N–H and O–H groups in total. The van der Waals surface area contributed by atoms with E-state index in [-0.39, 0.29) is 6.71 Å². The molecule has 0 radical (unpaired) electrons. The molecule has 0 spiro atoms. The van der Waals surface area contributed by atoms with Crippen LogP contribution >= 0.6 is 0 Å². The van der Waals surface area contributed by atoms with Crippen LogP contribution in [0.2, 0.25) is 0 Å². The highest BCUT2D eigenvalue weighted by atomic mass is 16.5. The fourth-order valence-corrected chi connectivity index (χ4v) is 3.55. The summed E-state index contributed by atoms with van der Waals surface area (Å²) in [5.41, 5.74) is 4.73. The summed E-state index contributed by atoms with van der Waals surface area (Å²) >= 11 is 0. The Bertz CT molecular complexity index is 917. The summed E-state index contributed by atoms with van der Waals surface area (Å²) < 4.78 is 12.3. The van der Waals surface area contributed by atoms with Gasteiger partial charge in [0, 0.05) is 5.46 Å². The first kappa shape index (κ1) is 11.9.